The highest BCUT2D eigenvalue weighted by Crippen LogP contribution is 2.22. The Balaban J connectivity index is 2.18. The molecule has 0 spiro atoms. The Morgan fingerprint density at radius 2 is 1.92 bits per heavy atom. The molecule has 0 aliphatic rings. The first-order chi connectivity index (χ1) is 11.7. The molecule has 138 valence electrons. The normalized spacial score (nSPS) is 12.7. The first kappa shape index (κ1) is 19.1. The van der Waals surface area contributed by atoms with Crippen molar-refractivity contribution >= 4 is 5.91 Å². The van der Waals surface area contributed by atoms with E-state index in [4.69, 9.17) is 0 Å². The van der Waals surface area contributed by atoms with Gasteiger partial charge in [0, 0.05) is 37.1 Å². The summed E-state index contributed by atoms with van der Waals surface area (Å²) < 4.78 is 28.9. The van der Waals surface area contributed by atoms with E-state index in [1.165, 1.54) is 10.7 Å². The average molecular weight is 353 g/mol. The Hall–Kier alpha value is -2.25. The second-order valence-corrected chi connectivity index (χ2v) is 6.29. The summed E-state index contributed by atoms with van der Waals surface area (Å²) in [5.74, 6) is -0.185. The Labute approximate surface area is 146 Å². The molecule has 0 saturated heterocycles. The van der Waals surface area contributed by atoms with Crippen molar-refractivity contribution in [3.8, 4) is 0 Å². The van der Waals surface area contributed by atoms with Crippen LogP contribution in [0, 0.1) is 20.8 Å². The van der Waals surface area contributed by atoms with E-state index in [-0.39, 0.29) is 11.6 Å². The van der Waals surface area contributed by atoms with Crippen molar-refractivity contribution in [1.82, 2.24) is 24.5 Å². The molecule has 8 heteroatoms. The minimum absolute atomic E-state index is 0.185. The summed E-state index contributed by atoms with van der Waals surface area (Å²) in [7, 11) is 1.70. The van der Waals surface area contributed by atoms with Crippen LogP contribution in [-0.4, -0.2) is 37.4 Å². The summed E-state index contributed by atoms with van der Waals surface area (Å²) in [5.41, 5.74) is 3.16. The standard InChI is InChI=1S/C17H25F2N5O/c1-7-23-12(4)14(11(3)20-23)9-22(6)17(25)13(5)24-10(2)8-15(21-24)16(18)19/h8,13,16H,7,9H2,1-6H3. The number of amides is 1. The second-order valence-electron chi connectivity index (χ2n) is 6.29. The molecule has 2 heterocycles. The Morgan fingerprint density at radius 1 is 1.28 bits per heavy atom. The number of halogens is 2. The maximum atomic E-state index is 12.8. The van der Waals surface area contributed by atoms with E-state index in [1.54, 1.807) is 25.8 Å². The first-order valence-corrected chi connectivity index (χ1v) is 8.29. The summed E-state index contributed by atoms with van der Waals surface area (Å²) in [6, 6.07) is 0.660. The predicted octanol–water partition coefficient (Wildman–Crippen LogP) is 3.18. The van der Waals surface area contributed by atoms with Crippen LogP contribution >= 0.6 is 0 Å². The molecule has 25 heavy (non-hydrogen) atoms. The Bertz CT molecular complexity index is 765. The van der Waals surface area contributed by atoms with Crippen LogP contribution in [0.2, 0.25) is 0 Å². The zero-order valence-corrected chi connectivity index (χ0v) is 15.5. The van der Waals surface area contributed by atoms with Crippen LogP contribution in [-0.2, 0) is 17.9 Å². The number of rotatable bonds is 6. The molecule has 0 aliphatic heterocycles. The molecular formula is C17H25F2N5O. The smallest absolute Gasteiger partial charge is 0.282 e. The molecule has 0 N–H and O–H groups in total. The first-order valence-electron chi connectivity index (χ1n) is 8.29. The van der Waals surface area contributed by atoms with Gasteiger partial charge < -0.3 is 4.90 Å². The van der Waals surface area contributed by atoms with E-state index >= 15 is 0 Å². The largest absolute Gasteiger partial charge is 0.339 e. The number of aromatic nitrogens is 4. The second kappa shape index (κ2) is 7.33. The lowest BCUT2D eigenvalue weighted by molar-refractivity contribution is -0.133. The molecule has 2 aromatic heterocycles. The van der Waals surface area contributed by atoms with Gasteiger partial charge in [-0.1, -0.05) is 0 Å². The van der Waals surface area contributed by atoms with Crippen molar-refractivity contribution in [1.29, 1.82) is 0 Å². The minimum atomic E-state index is -2.65. The third-order valence-electron chi connectivity index (χ3n) is 4.49. The van der Waals surface area contributed by atoms with Gasteiger partial charge in [0.2, 0.25) is 5.91 Å². The topological polar surface area (TPSA) is 56.0 Å². The van der Waals surface area contributed by atoms with E-state index < -0.39 is 12.5 Å². The van der Waals surface area contributed by atoms with Crippen LogP contribution in [0.4, 0.5) is 8.78 Å². The van der Waals surface area contributed by atoms with Crippen molar-refractivity contribution in [2.24, 2.45) is 0 Å². The van der Waals surface area contributed by atoms with E-state index in [2.05, 4.69) is 10.2 Å². The summed E-state index contributed by atoms with van der Waals surface area (Å²) in [6.45, 7) is 10.4. The van der Waals surface area contributed by atoms with E-state index in [1.807, 2.05) is 25.5 Å². The lowest BCUT2D eigenvalue weighted by Gasteiger charge is -2.22. The highest BCUT2D eigenvalue weighted by molar-refractivity contribution is 5.79. The molecule has 0 bridgehead atoms. The molecule has 1 amide bonds. The average Bonchev–Trinajstić information content (AvgIpc) is 3.08. The van der Waals surface area contributed by atoms with Gasteiger partial charge in [-0.15, -0.1) is 0 Å². The number of aryl methyl sites for hydroxylation is 3. The number of hydrogen-bond acceptors (Lipinski definition) is 3. The number of nitrogens with zero attached hydrogens (tertiary/aromatic N) is 5. The number of likely N-dealkylation sites (N-methyl/N-ethyl adjacent to an activating group) is 1. The third-order valence-corrected chi connectivity index (χ3v) is 4.49. The summed E-state index contributed by atoms with van der Waals surface area (Å²) in [5, 5.41) is 8.33. The SMILES string of the molecule is CCn1nc(C)c(CN(C)C(=O)C(C)n2nc(C(F)F)cc2C)c1C. The molecule has 0 aromatic carbocycles. The van der Waals surface area contributed by atoms with E-state index in [0.29, 0.717) is 12.2 Å². The van der Waals surface area contributed by atoms with Crippen LogP contribution in [0.15, 0.2) is 6.07 Å². The molecular weight excluding hydrogens is 328 g/mol. The van der Waals surface area contributed by atoms with Gasteiger partial charge >= 0.3 is 0 Å². The third kappa shape index (κ3) is 3.72. The number of carbonyl (C=O) groups is 1. The zero-order chi connectivity index (χ0) is 18.9. The molecule has 0 saturated carbocycles. The van der Waals surface area contributed by atoms with E-state index in [0.717, 1.165) is 23.5 Å². The van der Waals surface area contributed by atoms with Crippen LogP contribution in [0.1, 0.15) is 54.7 Å². The van der Waals surface area contributed by atoms with Crippen LogP contribution in [0.3, 0.4) is 0 Å². The van der Waals surface area contributed by atoms with Crippen molar-refractivity contribution in [2.75, 3.05) is 7.05 Å². The lowest BCUT2D eigenvalue weighted by atomic mass is 10.1. The Kier molecular flexibility index (Phi) is 5.59. The molecule has 0 fully saturated rings. The van der Waals surface area contributed by atoms with Gasteiger partial charge in [-0.25, -0.2) is 8.78 Å². The zero-order valence-electron chi connectivity index (χ0n) is 15.5. The van der Waals surface area contributed by atoms with Crippen LogP contribution in [0.5, 0.6) is 0 Å². The maximum Gasteiger partial charge on any atom is 0.282 e. The van der Waals surface area contributed by atoms with Crippen molar-refractivity contribution in [3.05, 3.63) is 34.4 Å². The fraction of sp³-hybridized carbons (Fsp3) is 0.588. The number of hydrogen-bond donors (Lipinski definition) is 0. The van der Waals surface area contributed by atoms with Gasteiger partial charge in [0.1, 0.15) is 11.7 Å². The fourth-order valence-corrected chi connectivity index (χ4v) is 3.02. The minimum Gasteiger partial charge on any atom is -0.339 e. The quantitative estimate of drug-likeness (QED) is 0.801. The van der Waals surface area contributed by atoms with Crippen molar-refractivity contribution in [3.63, 3.8) is 0 Å². The molecule has 0 radical (unpaired) electrons. The molecule has 1 unspecified atom stereocenters. The van der Waals surface area contributed by atoms with E-state index in [9.17, 15) is 13.6 Å². The monoisotopic (exact) mass is 353 g/mol. The molecule has 6 nitrogen and oxygen atoms in total. The van der Waals surface area contributed by atoms with Crippen molar-refractivity contribution in [2.45, 2.75) is 60.2 Å². The Morgan fingerprint density at radius 3 is 2.40 bits per heavy atom. The van der Waals surface area contributed by atoms with Crippen molar-refractivity contribution < 1.29 is 13.6 Å². The molecule has 2 rings (SSSR count). The van der Waals surface area contributed by atoms with Gasteiger partial charge in [0.15, 0.2) is 0 Å². The van der Waals surface area contributed by atoms with Gasteiger partial charge in [-0.3, -0.25) is 14.2 Å². The predicted molar refractivity (Wildman–Crippen MR) is 90.5 cm³/mol. The highest BCUT2D eigenvalue weighted by atomic mass is 19.3. The van der Waals surface area contributed by atoms with Gasteiger partial charge in [0.05, 0.1) is 5.69 Å². The van der Waals surface area contributed by atoms with Crippen LogP contribution in [0.25, 0.3) is 0 Å². The fourth-order valence-electron chi connectivity index (χ4n) is 3.02. The van der Waals surface area contributed by atoms with Gasteiger partial charge in [-0.2, -0.15) is 10.2 Å². The number of carbonyl (C=O) groups excluding carboxylic acids is 1. The maximum absolute atomic E-state index is 12.8. The molecule has 1 atom stereocenters. The summed E-state index contributed by atoms with van der Waals surface area (Å²) in [6.07, 6.45) is -2.65. The summed E-state index contributed by atoms with van der Waals surface area (Å²) in [4.78, 5) is 14.3. The van der Waals surface area contributed by atoms with Gasteiger partial charge in [-0.05, 0) is 40.7 Å². The molecule has 0 aliphatic carbocycles. The molecule has 2 aromatic rings. The van der Waals surface area contributed by atoms with Crippen LogP contribution < -0.4 is 0 Å². The number of alkyl halides is 2. The lowest BCUT2D eigenvalue weighted by Crippen LogP contribution is -2.33. The summed E-state index contributed by atoms with van der Waals surface area (Å²) >= 11 is 0. The van der Waals surface area contributed by atoms with Gasteiger partial charge in [0.25, 0.3) is 6.43 Å². The highest BCUT2D eigenvalue weighted by Gasteiger charge is 2.25.